The quantitative estimate of drug-likeness (QED) is 0.399. The number of likely N-dealkylation sites (tertiary alicyclic amines) is 1. The first-order valence-electron chi connectivity index (χ1n) is 11.9. The summed E-state index contributed by atoms with van der Waals surface area (Å²) < 4.78 is 5.33. The van der Waals surface area contributed by atoms with Crippen LogP contribution in [-0.2, 0) is 4.79 Å². The second-order valence-electron chi connectivity index (χ2n) is 9.01. The van der Waals surface area contributed by atoms with E-state index in [0.29, 0.717) is 47.3 Å². The number of fused-ring (bicyclic) bond motifs is 1. The van der Waals surface area contributed by atoms with E-state index in [9.17, 15) is 15.0 Å². The van der Waals surface area contributed by atoms with Crippen molar-refractivity contribution in [2.24, 2.45) is 11.8 Å². The van der Waals surface area contributed by atoms with Crippen LogP contribution in [0.1, 0.15) is 36.5 Å². The molecule has 1 saturated heterocycles. The number of nitrogens with zero attached hydrogens (tertiary/aromatic N) is 2. The molecule has 2 heterocycles. The van der Waals surface area contributed by atoms with Gasteiger partial charge in [0.1, 0.15) is 5.75 Å². The lowest BCUT2D eigenvalue weighted by Crippen LogP contribution is -2.44. The number of carboxylic acid groups (broad SMARTS) is 1. The number of carboxylic acids is 1. The van der Waals surface area contributed by atoms with E-state index in [1.54, 1.807) is 31.5 Å². The summed E-state index contributed by atoms with van der Waals surface area (Å²) in [5.74, 6) is 5.47. The lowest BCUT2D eigenvalue weighted by Gasteiger charge is -2.36. The number of hydrogen-bond acceptors (Lipinski definition) is 5. The van der Waals surface area contributed by atoms with Gasteiger partial charge in [0.05, 0.1) is 41.2 Å². The van der Waals surface area contributed by atoms with Crippen LogP contribution in [0.25, 0.3) is 10.9 Å². The molecule has 0 saturated carbocycles. The van der Waals surface area contributed by atoms with E-state index in [1.807, 2.05) is 24.3 Å². The number of ether oxygens (including phenoxy) is 1. The number of aliphatic carboxylic acids is 1. The lowest BCUT2D eigenvalue weighted by molar-refractivity contribution is -0.146. The van der Waals surface area contributed by atoms with E-state index in [1.165, 1.54) is 0 Å². The number of halogens is 2. The van der Waals surface area contributed by atoms with Gasteiger partial charge in [0, 0.05) is 23.7 Å². The highest BCUT2D eigenvalue weighted by Gasteiger charge is 2.34. The van der Waals surface area contributed by atoms with Gasteiger partial charge in [-0.05, 0) is 73.7 Å². The van der Waals surface area contributed by atoms with Crippen molar-refractivity contribution in [2.75, 3.05) is 26.7 Å². The molecule has 36 heavy (non-hydrogen) atoms. The third kappa shape index (κ3) is 6.11. The number of pyridine rings is 1. The molecule has 3 atom stereocenters. The van der Waals surface area contributed by atoms with Gasteiger partial charge < -0.3 is 14.9 Å². The average molecular weight is 527 g/mol. The fourth-order valence-corrected chi connectivity index (χ4v) is 5.12. The number of carbonyl (C=O) groups is 1. The summed E-state index contributed by atoms with van der Waals surface area (Å²) in [7, 11) is 1.60. The minimum atomic E-state index is -0.816. The van der Waals surface area contributed by atoms with E-state index >= 15 is 0 Å². The smallest absolute Gasteiger partial charge is 0.308 e. The molecular weight excluding hydrogens is 499 g/mol. The van der Waals surface area contributed by atoms with E-state index < -0.39 is 18.0 Å². The predicted octanol–water partition coefficient (Wildman–Crippen LogP) is 5.44. The van der Waals surface area contributed by atoms with Crippen molar-refractivity contribution in [3.63, 3.8) is 0 Å². The summed E-state index contributed by atoms with van der Waals surface area (Å²) in [6.07, 6.45) is 2.78. The third-order valence-corrected chi connectivity index (χ3v) is 7.61. The van der Waals surface area contributed by atoms with E-state index in [2.05, 4.69) is 21.7 Å². The molecule has 0 aliphatic carbocycles. The molecule has 1 aliphatic rings. The molecule has 0 amide bonds. The summed E-state index contributed by atoms with van der Waals surface area (Å²) in [6, 6.07) is 12.7. The maximum Gasteiger partial charge on any atom is 0.308 e. The molecule has 2 aromatic carbocycles. The maximum atomic E-state index is 12.1. The van der Waals surface area contributed by atoms with Gasteiger partial charge in [0.15, 0.2) is 0 Å². The molecule has 2 N–H and O–H groups in total. The number of piperidine rings is 1. The minimum absolute atomic E-state index is 0.0219. The fraction of sp³-hybridized carbons (Fsp3) is 0.357. The monoisotopic (exact) mass is 526 g/mol. The van der Waals surface area contributed by atoms with Gasteiger partial charge in [0.25, 0.3) is 0 Å². The van der Waals surface area contributed by atoms with Crippen molar-refractivity contribution >= 4 is 40.1 Å². The minimum Gasteiger partial charge on any atom is -0.497 e. The van der Waals surface area contributed by atoms with Gasteiger partial charge in [-0.3, -0.25) is 14.7 Å². The summed E-state index contributed by atoms with van der Waals surface area (Å²) in [5.41, 5.74) is 2.21. The Kier molecular flexibility index (Phi) is 8.71. The van der Waals surface area contributed by atoms with E-state index in [-0.39, 0.29) is 5.92 Å². The molecular formula is C28H28Cl2N2O4. The normalized spacial score (nSPS) is 18.9. The second-order valence-corrected chi connectivity index (χ2v) is 9.79. The van der Waals surface area contributed by atoms with Crippen LogP contribution in [0, 0.1) is 23.7 Å². The molecule has 6 nitrogen and oxygen atoms in total. The van der Waals surface area contributed by atoms with Crippen molar-refractivity contribution in [2.45, 2.75) is 25.4 Å². The number of aliphatic hydroxyl groups is 1. The molecule has 3 aromatic rings. The first kappa shape index (κ1) is 26.2. The highest BCUT2D eigenvalue weighted by molar-refractivity contribution is 6.42. The molecule has 4 rings (SSSR count). The highest BCUT2D eigenvalue weighted by atomic mass is 35.5. The van der Waals surface area contributed by atoms with Crippen molar-refractivity contribution < 1.29 is 19.7 Å². The molecule has 1 aromatic heterocycles. The fourth-order valence-electron chi connectivity index (χ4n) is 4.78. The molecule has 1 fully saturated rings. The Morgan fingerprint density at radius 1 is 1.28 bits per heavy atom. The van der Waals surface area contributed by atoms with Gasteiger partial charge >= 0.3 is 5.97 Å². The van der Waals surface area contributed by atoms with Crippen molar-refractivity contribution in [1.29, 1.82) is 0 Å². The van der Waals surface area contributed by atoms with Crippen LogP contribution in [0.3, 0.4) is 0 Å². The number of rotatable bonds is 7. The summed E-state index contributed by atoms with van der Waals surface area (Å²) in [4.78, 5) is 18.5. The first-order chi connectivity index (χ1) is 17.4. The van der Waals surface area contributed by atoms with Crippen LogP contribution in [-0.4, -0.2) is 52.8 Å². The molecule has 188 valence electrons. The first-order valence-corrected chi connectivity index (χ1v) is 12.6. The van der Waals surface area contributed by atoms with Gasteiger partial charge in [-0.15, -0.1) is 0 Å². The Morgan fingerprint density at radius 2 is 2.11 bits per heavy atom. The topological polar surface area (TPSA) is 82.9 Å². The summed E-state index contributed by atoms with van der Waals surface area (Å²) in [5, 5.41) is 22.6. The van der Waals surface area contributed by atoms with E-state index in [4.69, 9.17) is 27.9 Å². The Balaban J connectivity index is 1.38. The van der Waals surface area contributed by atoms with Crippen molar-refractivity contribution in [3.05, 3.63) is 69.8 Å². The maximum absolute atomic E-state index is 12.1. The molecule has 0 radical (unpaired) electrons. The van der Waals surface area contributed by atoms with Gasteiger partial charge in [-0.1, -0.05) is 41.1 Å². The number of aliphatic hydroxyl groups excluding tert-OH is 1. The number of benzene rings is 2. The van der Waals surface area contributed by atoms with Crippen LogP contribution in [0.2, 0.25) is 10.0 Å². The molecule has 8 heteroatoms. The van der Waals surface area contributed by atoms with Gasteiger partial charge in [-0.25, -0.2) is 0 Å². The van der Waals surface area contributed by atoms with Gasteiger partial charge in [-0.2, -0.15) is 0 Å². The zero-order valence-electron chi connectivity index (χ0n) is 20.0. The molecule has 0 spiro atoms. The van der Waals surface area contributed by atoms with Crippen LogP contribution in [0.15, 0.2) is 48.7 Å². The molecule has 0 bridgehead atoms. The number of hydrogen-bond donors (Lipinski definition) is 2. The zero-order valence-corrected chi connectivity index (χ0v) is 21.5. The predicted molar refractivity (Wildman–Crippen MR) is 142 cm³/mol. The Bertz CT molecular complexity index is 1300. The standard InChI is InChI=1S/C28H28Cl2N2O4/c1-36-20-8-9-25-22(16-20)21(11-13-31-25)26(33)10-7-18-12-15-32(17-23(18)28(34)35)14-3-5-19-4-2-6-24(29)27(19)30/h2,4,6,8-9,11,13,16,18,23,26,33H,7,10,12,14-15,17H2,1H3,(H,34,35)/t18-,23+,26-/m1/s1. The molecule has 0 unspecified atom stereocenters. The SMILES string of the molecule is COc1ccc2nccc([C@H](O)CC[C@@H]3CCN(CC#Cc4cccc(Cl)c4Cl)C[C@@H]3C(=O)O)c2c1. The average Bonchev–Trinajstić information content (AvgIpc) is 2.89. The highest BCUT2D eigenvalue weighted by Crippen LogP contribution is 2.33. The summed E-state index contributed by atoms with van der Waals surface area (Å²) in [6.45, 7) is 1.62. The van der Waals surface area contributed by atoms with Crippen LogP contribution >= 0.6 is 23.2 Å². The Hall–Kier alpha value is -2.82. The van der Waals surface area contributed by atoms with E-state index in [0.717, 1.165) is 29.4 Å². The van der Waals surface area contributed by atoms with Crippen molar-refractivity contribution in [3.8, 4) is 17.6 Å². The largest absolute Gasteiger partial charge is 0.497 e. The van der Waals surface area contributed by atoms with Crippen molar-refractivity contribution in [1.82, 2.24) is 9.88 Å². The summed E-state index contributed by atoms with van der Waals surface area (Å²) >= 11 is 12.2. The number of aromatic nitrogens is 1. The van der Waals surface area contributed by atoms with Crippen LogP contribution in [0.5, 0.6) is 5.75 Å². The molecule has 1 aliphatic heterocycles. The second kappa shape index (κ2) is 11.9. The zero-order chi connectivity index (χ0) is 25.7. The number of methoxy groups -OCH3 is 1. The third-order valence-electron chi connectivity index (χ3n) is 6.79. The van der Waals surface area contributed by atoms with Crippen LogP contribution < -0.4 is 4.74 Å². The van der Waals surface area contributed by atoms with Crippen LogP contribution in [0.4, 0.5) is 0 Å². The lowest BCUT2D eigenvalue weighted by atomic mass is 9.81. The Morgan fingerprint density at radius 3 is 2.89 bits per heavy atom. The Labute approximate surface area is 220 Å². The van der Waals surface area contributed by atoms with Gasteiger partial charge in [0.2, 0.25) is 0 Å².